The van der Waals surface area contributed by atoms with E-state index in [-0.39, 0.29) is 6.54 Å². The summed E-state index contributed by atoms with van der Waals surface area (Å²) in [6, 6.07) is 0. The Balaban J connectivity index is 2.62. The van der Waals surface area contributed by atoms with Crippen molar-refractivity contribution >= 4 is 22.1 Å². The molecule has 0 aliphatic rings. The molecule has 0 aliphatic carbocycles. The van der Waals surface area contributed by atoms with Gasteiger partial charge >= 0.3 is 16.3 Å². The van der Waals surface area contributed by atoms with Gasteiger partial charge in [-0.3, -0.25) is 4.68 Å². The van der Waals surface area contributed by atoms with Gasteiger partial charge in [0.15, 0.2) is 0 Å². The molecule has 4 N–H and O–H groups in total. The average molecular weight is 263 g/mol. The normalized spacial score (nSPS) is 11.2. The highest BCUT2D eigenvalue weighted by Gasteiger charge is 2.15. The summed E-state index contributed by atoms with van der Waals surface area (Å²) < 4.78 is 31.9. The van der Waals surface area contributed by atoms with Crippen molar-refractivity contribution in [2.75, 3.05) is 12.8 Å². The molecule has 10 heteroatoms. The number of ether oxygens (including phenoxy) is 1. The number of anilines is 1. The lowest BCUT2D eigenvalue weighted by atomic mass is 10.3. The summed E-state index contributed by atoms with van der Waals surface area (Å²) in [5.41, 5.74) is 6.12. The third kappa shape index (κ3) is 3.60. The van der Waals surface area contributed by atoms with E-state index in [1.807, 2.05) is 0 Å². The van der Waals surface area contributed by atoms with Crippen molar-refractivity contribution in [1.82, 2.24) is 19.2 Å². The third-order valence-corrected chi connectivity index (χ3v) is 2.88. The van der Waals surface area contributed by atoms with Crippen LogP contribution in [0.3, 0.4) is 0 Å². The molecule has 0 aromatic carbocycles. The van der Waals surface area contributed by atoms with Gasteiger partial charge in [-0.25, -0.2) is 9.52 Å². The molecular weight excluding hydrogens is 250 g/mol. The van der Waals surface area contributed by atoms with Gasteiger partial charge < -0.3 is 10.5 Å². The highest BCUT2D eigenvalue weighted by atomic mass is 32.2. The predicted octanol–water partition coefficient (Wildman–Crippen LogP) is -1.31. The topological polar surface area (TPSA) is 128 Å². The predicted molar refractivity (Wildman–Crippen MR) is 58.9 cm³/mol. The van der Waals surface area contributed by atoms with Crippen molar-refractivity contribution in [2.24, 2.45) is 7.05 Å². The van der Waals surface area contributed by atoms with E-state index < -0.39 is 16.3 Å². The Labute approximate surface area is 98.1 Å². The average Bonchev–Trinajstić information content (AvgIpc) is 2.56. The van der Waals surface area contributed by atoms with Gasteiger partial charge in [0, 0.05) is 19.2 Å². The molecule has 1 amide bonds. The molecule has 0 atom stereocenters. The molecule has 0 bridgehead atoms. The van der Waals surface area contributed by atoms with E-state index >= 15 is 0 Å². The van der Waals surface area contributed by atoms with Gasteiger partial charge in [-0.2, -0.15) is 18.2 Å². The molecule has 0 unspecified atom stereocenters. The maximum absolute atomic E-state index is 11.3. The van der Waals surface area contributed by atoms with Crippen molar-refractivity contribution < 1.29 is 17.9 Å². The Bertz CT molecular complexity index is 508. The van der Waals surface area contributed by atoms with Crippen LogP contribution in [0.2, 0.25) is 0 Å². The van der Waals surface area contributed by atoms with Crippen molar-refractivity contribution in [3.05, 3.63) is 11.8 Å². The second-order valence-corrected chi connectivity index (χ2v) is 4.60. The lowest BCUT2D eigenvalue weighted by molar-refractivity contribution is 0.177. The molecule has 17 heavy (non-hydrogen) atoms. The molecule has 1 rings (SSSR count). The fourth-order valence-electron chi connectivity index (χ4n) is 0.989. The first kappa shape index (κ1) is 13.3. The summed E-state index contributed by atoms with van der Waals surface area (Å²) in [4.78, 5) is 10.7. The molecule has 0 radical (unpaired) electrons. The number of hydrogen-bond donors (Lipinski definition) is 3. The number of aromatic nitrogens is 2. The summed E-state index contributed by atoms with van der Waals surface area (Å²) in [7, 11) is -1.28. The molecule has 0 spiro atoms. The molecule has 0 saturated carbocycles. The fraction of sp³-hybridized carbons (Fsp3) is 0.429. The number of hydrogen-bond acceptors (Lipinski definition) is 6. The maximum atomic E-state index is 11.3. The van der Waals surface area contributed by atoms with Crippen LogP contribution in [0.5, 0.6) is 0 Å². The molecule has 0 fully saturated rings. The van der Waals surface area contributed by atoms with Crippen molar-refractivity contribution in [2.45, 2.75) is 6.54 Å². The van der Waals surface area contributed by atoms with E-state index in [1.54, 1.807) is 11.8 Å². The fourth-order valence-corrected chi connectivity index (χ4v) is 1.71. The first-order chi connectivity index (χ1) is 7.85. The SMILES string of the molecule is COC(=O)NS(=O)(=O)NCc1cnn(C)c1N. The first-order valence-corrected chi connectivity index (χ1v) is 5.95. The van der Waals surface area contributed by atoms with E-state index in [1.165, 1.54) is 10.9 Å². The standard InChI is InChI=1S/C7H13N5O4S/c1-12-6(8)5(3-9-12)4-10-17(14,15)11-7(13)16-2/h3,10H,4,8H2,1-2H3,(H,11,13). The lowest BCUT2D eigenvalue weighted by Crippen LogP contribution is -2.39. The summed E-state index contributed by atoms with van der Waals surface area (Å²) in [5, 5.41) is 3.84. The zero-order chi connectivity index (χ0) is 13.1. The van der Waals surface area contributed by atoms with Gasteiger partial charge in [0.25, 0.3) is 0 Å². The minimum Gasteiger partial charge on any atom is -0.452 e. The van der Waals surface area contributed by atoms with Crippen LogP contribution >= 0.6 is 0 Å². The number of nitrogens with two attached hydrogens (primary N) is 1. The highest BCUT2D eigenvalue weighted by Crippen LogP contribution is 2.08. The summed E-state index contributed by atoms with van der Waals surface area (Å²) in [5.74, 6) is 0.339. The quantitative estimate of drug-likeness (QED) is 0.619. The Kier molecular flexibility index (Phi) is 3.91. The molecule has 0 saturated heterocycles. The number of aryl methyl sites for hydroxylation is 1. The van der Waals surface area contributed by atoms with Gasteiger partial charge in [-0.1, -0.05) is 0 Å². The Morgan fingerprint density at radius 1 is 1.65 bits per heavy atom. The van der Waals surface area contributed by atoms with Gasteiger partial charge in [0.05, 0.1) is 13.3 Å². The van der Waals surface area contributed by atoms with Crippen molar-refractivity contribution in [3.8, 4) is 0 Å². The highest BCUT2D eigenvalue weighted by molar-refractivity contribution is 7.88. The van der Waals surface area contributed by atoms with Crippen LogP contribution in [0.25, 0.3) is 0 Å². The Morgan fingerprint density at radius 3 is 2.76 bits per heavy atom. The maximum Gasteiger partial charge on any atom is 0.421 e. The van der Waals surface area contributed by atoms with Gasteiger partial charge in [-0.05, 0) is 0 Å². The van der Waals surface area contributed by atoms with E-state index in [0.29, 0.717) is 11.4 Å². The van der Waals surface area contributed by atoms with Crippen LogP contribution in [0.4, 0.5) is 10.6 Å². The van der Waals surface area contributed by atoms with Crippen LogP contribution in [-0.4, -0.2) is 31.4 Å². The number of methoxy groups -OCH3 is 1. The van der Waals surface area contributed by atoms with Crippen LogP contribution < -0.4 is 15.2 Å². The van der Waals surface area contributed by atoms with E-state index in [0.717, 1.165) is 7.11 Å². The van der Waals surface area contributed by atoms with Crippen LogP contribution in [0.1, 0.15) is 5.56 Å². The summed E-state index contributed by atoms with van der Waals surface area (Å²) in [6.45, 7) is -0.0774. The van der Waals surface area contributed by atoms with Gasteiger partial charge in [-0.15, -0.1) is 0 Å². The minimum absolute atomic E-state index is 0.0774. The lowest BCUT2D eigenvalue weighted by Gasteiger charge is -2.06. The summed E-state index contributed by atoms with van der Waals surface area (Å²) >= 11 is 0. The van der Waals surface area contributed by atoms with E-state index in [4.69, 9.17) is 5.73 Å². The second-order valence-electron chi connectivity index (χ2n) is 3.10. The van der Waals surface area contributed by atoms with Crippen molar-refractivity contribution in [1.29, 1.82) is 0 Å². The molecule has 9 nitrogen and oxygen atoms in total. The number of amides is 1. The number of carbonyl (C=O) groups is 1. The molecule has 1 aromatic heterocycles. The molecule has 1 aromatic rings. The van der Waals surface area contributed by atoms with Crippen LogP contribution in [-0.2, 0) is 28.5 Å². The van der Waals surface area contributed by atoms with Gasteiger partial charge in [0.2, 0.25) is 0 Å². The number of nitrogen functional groups attached to an aromatic ring is 1. The summed E-state index contributed by atoms with van der Waals surface area (Å²) in [6.07, 6.45) is 0.354. The Hall–Kier alpha value is -1.81. The first-order valence-electron chi connectivity index (χ1n) is 4.47. The molecular formula is C7H13N5O4S. The van der Waals surface area contributed by atoms with E-state index in [2.05, 4.69) is 14.6 Å². The second kappa shape index (κ2) is 5.01. The monoisotopic (exact) mass is 263 g/mol. The largest absolute Gasteiger partial charge is 0.452 e. The van der Waals surface area contributed by atoms with Crippen LogP contribution in [0.15, 0.2) is 6.20 Å². The minimum atomic E-state index is -3.97. The van der Waals surface area contributed by atoms with Crippen molar-refractivity contribution in [3.63, 3.8) is 0 Å². The van der Waals surface area contributed by atoms with Crippen LogP contribution in [0, 0.1) is 0 Å². The zero-order valence-electron chi connectivity index (χ0n) is 9.30. The Morgan fingerprint density at radius 2 is 2.29 bits per heavy atom. The van der Waals surface area contributed by atoms with E-state index in [9.17, 15) is 13.2 Å². The zero-order valence-corrected chi connectivity index (χ0v) is 10.1. The molecule has 0 aliphatic heterocycles. The number of nitrogens with zero attached hydrogens (tertiary/aromatic N) is 2. The number of carbonyl (C=O) groups excluding carboxylic acids is 1. The number of rotatable bonds is 4. The smallest absolute Gasteiger partial charge is 0.421 e. The molecule has 96 valence electrons. The van der Waals surface area contributed by atoms with Gasteiger partial charge in [0.1, 0.15) is 5.82 Å². The number of nitrogens with one attached hydrogen (secondary N) is 2. The third-order valence-electron chi connectivity index (χ3n) is 1.92. The molecule has 1 heterocycles.